The zero-order valence-corrected chi connectivity index (χ0v) is 22.8. The molecule has 5 aliphatic rings. The number of rotatable bonds is 1. The summed E-state index contributed by atoms with van der Waals surface area (Å²) in [6.07, 6.45) is 7.58. The van der Waals surface area contributed by atoms with Crippen molar-refractivity contribution in [2.45, 2.75) is 118 Å². The van der Waals surface area contributed by atoms with Gasteiger partial charge in [0.15, 0.2) is 0 Å². The van der Waals surface area contributed by atoms with Crippen LogP contribution in [-0.2, 0) is 9.59 Å². The number of allylic oxidation sites excluding steroid dienone is 2. The molecule has 0 spiro atoms. The van der Waals surface area contributed by atoms with Gasteiger partial charge in [-0.15, -0.1) is 0 Å². The van der Waals surface area contributed by atoms with E-state index in [1.54, 1.807) is 6.92 Å². The van der Waals surface area contributed by atoms with E-state index in [4.69, 9.17) is 0 Å². The van der Waals surface area contributed by atoms with Crippen LogP contribution < -0.4 is 0 Å². The van der Waals surface area contributed by atoms with Crippen molar-refractivity contribution in [1.82, 2.24) is 0 Å². The van der Waals surface area contributed by atoms with Crippen molar-refractivity contribution in [3.05, 3.63) is 11.6 Å². The smallest absolute Gasteiger partial charge is 0.309 e. The van der Waals surface area contributed by atoms with Crippen LogP contribution in [0.4, 0.5) is 0 Å². The van der Waals surface area contributed by atoms with Crippen molar-refractivity contribution in [3.63, 3.8) is 0 Å². The Kier molecular flexibility index (Phi) is 5.10. The molecule has 4 fully saturated rings. The lowest BCUT2D eigenvalue weighted by atomic mass is 9.31. The molecule has 0 amide bonds. The normalized spacial score (nSPS) is 55.1. The number of hydrogen-bond acceptors (Lipinski definition) is 4. The molecule has 0 unspecified atom stereocenters. The Hall–Kier alpha value is -1.20. The zero-order chi connectivity index (χ0) is 26.0. The van der Waals surface area contributed by atoms with Gasteiger partial charge in [-0.05, 0) is 86.4 Å². The van der Waals surface area contributed by atoms with E-state index in [-0.39, 0.29) is 29.1 Å². The summed E-state index contributed by atoms with van der Waals surface area (Å²) in [5.41, 5.74) is -3.09. The van der Waals surface area contributed by atoms with Gasteiger partial charge in [0.05, 0.1) is 17.1 Å². The van der Waals surface area contributed by atoms with Gasteiger partial charge < -0.3 is 15.3 Å². The van der Waals surface area contributed by atoms with E-state index < -0.39 is 39.3 Å². The molecule has 0 aromatic carbocycles. The van der Waals surface area contributed by atoms with Crippen molar-refractivity contribution < 1.29 is 24.9 Å². The van der Waals surface area contributed by atoms with E-state index >= 15 is 0 Å². The van der Waals surface area contributed by atoms with E-state index in [0.29, 0.717) is 31.5 Å². The molecule has 4 saturated carbocycles. The fourth-order valence-electron chi connectivity index (χ4n) is 10.4. The van der Waals surface area contributed by atoms with E-state index in [9.17, 15) is 24.9 Å². The van der Waals surface area contributed by atoms with Crippen LogP contribution >= 0.6 is 0 Å². The first-order chi connectivity index (χ1) is 15.9. The first kappa shape index (κ1) is 25.4. The number of ketones is 1. The third-order valence-electron chi connectivity index (χ3n) is 13.4. The van der Waals surface area contributed by atoms with Gasteiger partial charge in [-0.3, -0.25) is 9.59 Å². The molecule has 0 bridgehead atoms. The van der Waals surface area contributed by atoms with Gasteiger partial charge in [0, 0.05) is 17.3 Å². The second-order valence-electron chi connectivity index (χ2n) is 14.9. The topological polar surface area (TPSA) is 94.8 Å². The molecule has 0 aromatic rings. The van der Waals surface area contributed by atoms with Gasteiger partial charge in [0.2, 0.25) is 0 Å². The Balaban J connectivity index is 1.65. The predicted molar refractivity (Wildman–Crippen MR) is 135 cm³/mol. The average Bonchev–Trinajstić information content (AvgIpc) is 2.76. The van der Waals surface area contributed by atoms with Gasteiger partial charge in [0.1, 0.15) is 5.78 Å². The van der Waals surface area contributed by atoms with Gasteiger partial charge >= 0.3 is 5.97 Å². The molecule has 3 N–H and O–H groups in total. The predicted octanol–water partition coefficient (Wildman–Crippen LogP) is 5.53. The fraction of sp³-hybridized carbons (Fsp3) is 0.867. The van der Waals surface area contributed by atoms with Crippen LogP contribution in [0.1, 0.15) is 106 Å². The second-order valence-corrected chi connectivity index (χ2v) is 14.9. The van der Waals surface area contributed by atoms with Crippen LogP contribution in [0.3, 0.4) is 0 Å². The molecule has 5 aliphatic carbocycles. The average molecular weight is 487 g/mol. The highest BCUT2D eigenvalue weighted by Crippen LogP contribution is 2.76. The largest absolute Gasteiger partial charge is 0.481 e. The summed E-state index contributed by atoms with van der Waals surface area (Å²) in [5.74, 6) is -0.0910. The van der Waals surface area contributed by atoms with Crippen LogP contribution in [0.15, 0.2) is 11.6 Å². The number of carbonyl (C=O) groups is 2. The third kappa shape index (κ3) is 2.73. The molecule has 5 heteroatoms. The minimum atomic E-state index is -1.29. The summed E-state index contributed by atoms with van der Waals surface area (Å²) in [7, 11) is 0. The third-order valence-corrected chi connectivity index (χ3v) is 13.4. The number of aliphatic hydroxyl groups excluding tert-OH is 1. The van der Waals surface area contributed by atoms with Crippen LogP contribution in [0, 0.1) is 44.3 Å². The number of hydrogen-bond donors (Lipinski definition) is 3. The van der Waals surface area contributed by atoms with Crippen LogP contribution in [0.2, 0.25) is 0 Å². The van der Waals surface area contributed by atoms with Crippen LogP contribution in [-0.4, -0.2) is 38.8 Å². The molecule has 196 valence electrons. The minimum Gasteiger partial charge on any atom is -0.481 e. The molecule has 0 aromatic heterocycles. The Morgan fingerprint density at radius 2 is 1.60 bits per heavy atom. The zero-order valence-electron chi connectivity index (χ0n) is 22.8. The van der Waals surface area contributed by atoms with Crippen molar-refractivity contribution >= 4 is 11.8 Å². The van der Waals surface area contributed by atoms with E-state index in [0.717, 1.165) is 25.7 Å². The lowest BCUT2D eigenvalue weighted by Crippen LogP contribution is -2.76. The first-order valence-corrected chi connectivity index (χ1v) is 13.8. The Morgan fingerprint density at radius 3 is 2.23 bits per heavy atom. The van der Waals surface area contributed by atoms with E-state index in [1.165, 1.54) is 5.57 Å². The Labute approximate surface area is 210 Å². The number of carboxylic acids is 1. The molecule has 0 aliphatic heterocycles. The fourth-order valence-corrected chi connectivity index (χ4v) is 10.4. The van der Waals surface area contributed by atoms with E-state index in [2.05, 4.69) is 47.6 Å². The molecule has 35 heavy (non-hydrogen) atoms. The van der Waals surface area contributed by atoms with Gasteiger partial charge in [-0.1, -0.05) is 53.2 Å². The number of aliphatic hydroxyl groups is 2. The Morgan fingerprint density at radius 1 is 0.971 bits per heavy atom. The van der Waals surface area contributed by atoms with Crippen molar-refractivity contribution in [2.24, 2.45) is 44.3 Å². The second kappa shape index (κ2) is 7.01. The minimum absolute atomic E-state index is 0.0711. The molecular weight excluding hydrogens is 440 g/mol. The number of aliphatic carboxylic acids is 1. The lowest BCUT2D eigenvalue weighted by molar-refractivity contribution is -0.306. The molecule has 0 heterocycles. The van der Waals surface area contributed by atoms with E-state index in [1.807, 2.05) is 0 Å². The SMILES string of the molecule is CC1(C)C(=O)CC[C@]2(C)[C@H]3C[C@@H](O)[C@@]4(C)[C@]5(O)C[C@](C)(C(=O)O)CC[C@]5(C)CC[C@]4(C)C3=CC[C@@H]12. The molecular formula is C30H46O5. The van der Waals surface area contributed by atoms with Gasteiger partial charge in [-0.2, -0.15) is 0 Å². The molecule has 0 radical (unpaired) electrons. The maximum atomic E-state index is 12.9. The first-order valence-electron chi connectivity index (χ1n) is 13.8. The number of carbonyl (C=O) groups excluding carboxylic acids is 1. The Bertz CT molecular complexity index is 1010. The molecule has 5 rings (SSSR count). The maximum absolute atomic E-state index is 12.9. The lowest BCUT2D eigenvalue weighted by Gasteiger charge is -2.74. The van der Waals surface area contributed by atoms with Crippen molar-refractivity contribution in [2.75, 3.05) is 0 Å². The molecule has 5 nitrogen and oxygen atoms in total. The quantitative estimate of drug-likeness (QED) is 0.424. The summed E-state index contributed by atoms with van der Waals surface area (Å²) in [6, 6.07) is 0. The van der Waals surface area contributed by atoms with Crippen LogP contribution in [0.25, 0.3) is 0 Å². The van der Waals surface area contributed by atoms with Crippen molar-refractivity contribution in [3.8, 4) is 0 Å². The standard InChI is InChI=1S/C30H46O5/c1-24(2)20-9-8-18-19(27(20,5)11-10-21(24)31)16-22(32)29(7)28(18,6)15-14-26(4)13-12-25(3,23(33)34)17-30(26,29)35/h8,19-20,22,32,35H,9-17H2,1-7H3,(H,33,34)/t19-,20-,22+,25+,26+,27+,28+,29+,30-/m0/s1. The summed E-state index contributed by atoms with van der Waals surface area (Å²) in [5, 5.41) is 34.9. The summed E-state index contributed by atoms with van der Waals surface area (Å²) in [4.78, 5) is 25.2. The number of Topliss-reactive ketones (excluding diaryl/α,β-unsaturated/α-hetero) is 1. The number of carboxylic acid groups (broad SMARTS) is 1. The molecule has 0 saturated heterocycles. The summed E-state index contributed by atoms with van der Waals surface area (Å²) < 4.78 is 0. The van der Waals surface area contributed by atoms with Gasteiger partial charge in [-0.25, -0.2) is 0 Å². The molecule has 9 atom stereocenters. The summed E-state index contributed by atoms with van der Waals surface area (Å²) in [6.45, 7) is 14.7. The highest BCUT2D eigenvalue weighted by Gasteiger charge is 2.76. The highest BCUT2D eigenvalue weighted by atomic mass is 16.4. The highest BCUT2D eigenvalue weighted by molar-refractivity contribution is 5.85. The number of fused-ring (bicyclic) bond motifs is 7. The monoisotopic (exact) mass is 486 g/mol. The summed E-state index contributed by atoms with van der Waals surface area (Å²) >= 11 is 0. The van der Waals surface area contributed by atoms with Crippen LogP contribution in [0.5, 0.6) is 0 Å². The maximum Gasteiger partial charge on any atom is 0.309 e. The van der Waals surface area contributed by atoms with Crippen molar-refractivity contribution in [1.29, 1.82) is 0 Å². The van der Waals surface area contributed by atoms with Gasteiger partial charge in [0.25, 0.3) is 0 Å².